The van der Waals surface area contributed by atoms with Crippen LogP contribution < -0.4 is 0 Å². The molecule has 1 unspecified atom stereocenters. The normalized spacial score (nSPS) is 28.6. The first-order chi connectivity index (χ1) is 6.38. The highest BCUT2D eigenvalue weighted by Gasteiger charge is 2.22. The van der Waals surface area contributed by atoms with E-state index in [9.17, 15) is 4.21 Å². The summed E-state index contributed by atoms with van der Waals surface area (Å²) in [6.45, 7) is 0. The van der Waals surface area contributed by atoms with Gasteiger partial charge in [-0.25, -0.2) is 0 Å². The van der Waals surface area contributed by atoms with Crippen molar-refractivity contribution in [3.05, 3.63) is 30.1 Å². The minimum Gasteiger partial charge on any atom is -0.264 e. The van der Waals surface area contributed by atoms with Crippen molar-refractivity contribution in [2.75, 3.05) is 11.5 Å². The molecule has 1 aliphatic heterocycles. The second kappa shape index (κ2) is 4.24. The van der Waals surface area contributed by atoms with E-state index in [1.165, 1.54) is 0 Å². The van der Waals surface area contributed by atoms with Crippen LogP contribution in [0, 0.1) is 0 Å². The topological polar surface area (TPSA) is 30.0 Å². The summed E-state index contributed by atoms with van der Waals surface area (Å²) in [5.41, 5.74) is 1.10. The highest BCUT2D eigenvalue weighted by atomic mass is 32.2. The lowest BCUT2D eigenvalue weighted by Crippen LogP contribution is -2.13. The number of nitrogens with zero attached hydrogens (tertiary/aromatic N) is 1. The molecule has 0 N–H and O–H groups in total. The van der Waals surface area contributed by atoms with E-state index in [-0.39, 0.29) is 4.58 Å². The number of aromatic nitrogens is 1. The molecule has 1 saturated heterocycles. The van der Waals surface area contributed by atoms with E-state index < -0.39 is 10.8 Å². The van der Waals surface area contributed by atoms with E-state index in [0.717, 1.165) is 23.5 Å². The second-order valence-corrected chi connectivity index (χ2v) is 6.08. The fourth-order valence-corrected chi connectivity index (χ4v) is 4.65. The van der Waals surface area contributed by atoms with Crippen molar-refractivity contribution in [2.24, 2.45) is 0 Å². The molecule has 0 aliphatic carbocycles. The van der Waals surface area contributed by atoms with Crippen LogP contribution in [0.2, 0.25) is 0 Å². The smallest absolute Gasteiger partial charge is 0.106 e. The van der Waals surface area contributed by atoms with Crippen molar-refractivity contribution in [3.8, 4) is 0 Å². The summed E-state index contributed by atoms with van der Waals surface area (Å²) in [4.78, 5) is 4.05. The second-order valence-electron chi connectivity index (χ2n) is 2.93. The molecule has 2 atom stereocenters. The molecule has 2 nitrogen and oxygen atoms in total. The number of hydrogen-bond acceptors (Lipinski definition) is 3. The Hall–Kier alpha value is -0.350. The Balaban J connectivity index is 2.20. The molecule has 0 spiro atoms. The molecule has 2 heterocycles. The van der Waals surface area contributed by atoms with Crippen molar-refractivity contribution in [1.29, 1.82) is 0 Å². The minimum absolute atomic E-state index is 0.155. The van der Waals surface area contributed by atoms with E-state index in [0.29, 0.717) is 0 Å². The molecule has 0 saturated carbocycles. The van der Waals surface area contributed by atoms with Crippen molar-refractivity contribution >= 4 is 22.6 Å². The summed E-state index contributed by atoms with van der Waals surface area (Å²) in [5, 5.41) is 0. The molecule has 0 amide bonds. The van der Waals surface area contributed by atoms with Gasteiger partial charge in [0.05, 0.1) is 0 Å². The Kier molecular flexibility index (Phi) is 3.01. The molecule has 0 aromatic carbocycles. The number of thioether (sulfide) groups is 1. The Morgan fingerprint density at radius 2 is 2.54 bits per heavy atom. The first kappa shape index (κ1) is 9.21. The Morgan fingerprint density at radius 1 is 1.62 bits per heavy atom. The van der Waals surface area contributed by atoms with Gasteiger partial charge in [-0.3, -0.25) is 9.19 Å². The maximum Gasteiger partial charge on any atom is 0.106 e. The lowest BCUT2D eigenvalue weighted by Gasteiger charge is -2.20. The summed E-state index contributed by atoms with van der Waals surface area (Å²) < 4.78 is 11.8. The zero-order chi connectivity index (χ0) is 9.10. The van der Waals surface area contributed by atoms with Crippen LogP contribution in [0.25, 0.3) is 0 Å². The molecule has 1 aliphatic rings. The monoisotopic (exact) mass is 213 g/mol. The van der Waals surface area contributed by atoms with Crippen molar-refractivity contribution in [2.45, 2.75) is 11.0 Å². The predicted molar refractivity (Wildman–Crippen MR) is 57.1 cm³/mol. The Morgan fingerprint density at radius 3 is 3.23 bits per heavy atom. The largest absolute Gasteiger partial charge is 0.264 e. The number of hydrogen-bond donors (Lipinski definition) is 0. The maximum atomic E-state index is 11.7. The third kappa shape index (κ3) is 2.11. The first-order valence-electron chi connectivity index (χ1n) is 4.26. The molecule has 1 fully saturated rings. The van der Waals surface area contributed by atoms with Gasteiger partial charge in [-0.05, 0) is 23.8 Å². The molecule has 13 heavy (non-hydrogen) atoms. The van der Waals surface area contributed by atoms with E-state index in [2.05, 4.69) is 4.98 Å². The molecule has 2 rings (SSSR count). The minimum atomic E-state index is -0.706. The van der Waals surface area contributed by atoms with Crippen LogP contribution in [0.4, 0.5) is 0 Å². The summed E-state index contributed by atoms with van der Waals surface area (Å²) in [7, 11) is -0.706. The van der Waals surface area contributed by atoms with Crippen LogP contribution in [0.3, 0.4) is 0 Å². The van der Waals surface area contributed by atoms with Crippen LogP contribution in [0.15, 0.2) is 24.5 Å². The van der Waals surface area contributed by atoms with Crippen molar-refractivity contribution in [1.82, 2.24) is 4.98 Å². The lowest BCUT2D eigenvalue weighted by molar-refractivity contribution is 0.679. The molecular formula is C9H11NOS2. The van der Waals surface area contributed by atoms with Crippen molar-refractivity contribution in [3.63, 3.8) is 0 Å². The third-order valence-electron chi connectivity index (χ3n) is 1.95. The quantitative estimate of drug-likeness (QED) is 0.714. The van der Waals surface area contributed by atoms with Gasteiger partial charge in [0, 0.05) is 28.9 Å². The Labute approximate surface area is 84.6 Å². The van der Waals surface area contributed by atoms with Gasteiger partial charge in [-0.15, -0.1) is 11.8 Å². The molecule has 0 bridgehead atoms. The summed E-state index contributed by atoms with van der Waals surface area (Å²) in [5.74, 6) is 1.96. The highest BCUT2D eigenvalue weighted by molar-refractivity contribution is 8.11. The average Bonchev–Trinajstić information content (AvgIpc) is 2.20. The standard InChI is InChI=1S/C9H11NOS2/c11-13-6-2-5-12-9(13)8-3-1-4-10-7-8/h1,3-4,7,9H,2,5-6H2/t9-,13?/m0/s1. The van der Waals surface area contributed by atoms with Crippen LogP contribution in [0.1, 0.15) is 16.6 Å². The van der Waals surface area contributed by atoms with Gasteiger partial charge in [0.2, 0.25) is 0 Å². The average molecular weight is 213 g/mol. The Bertz CT molecular complexity index is 302. The van der Waals surface area contributed by atoms with E-state index in [1.807, 2.05) is 18.3 Å². The molecule has 70 valence electrons. The van der Waals surface area contributed by atoms with Gasteiger partial charge in [0.25, 0.3) is 0 Å². The van der Waals surface area contributed by atoms with E-state index >= 15 is 0 Å². The first-order valence-corrected chi connectivity index (χ1v) is 6.70. The maximum absolute atomic E-state index is 11.7. The van der Waals surface area contributed by atoms with Gasteiger partial charge in [0.1, 0.15) is 4.58 Å². The molecule has 0 radical (unpaired) electrons. The highest BCUT2D eigenvalue weighted by Crippen LogP contribution is 2.35. The fourth-order valence-electron chi connectivity index (χ4n) is 1.34. The van der Waals surface area contributed by atoms with Crippen LogP contribution in [-0.2, 0) is 10.8 Å². The van der Waals surface area contributed by atoms with Gasteiger partial charge in [-0.2, -0.15) is 0 Å². The van der Waals surface area contributed by atoms with Gasteiger partial charge >= 0.3 is 0 Å². The number of pyridine rings is 1. The van der Waals surface area contributed by atoms with Gasteiger partial charge < -0.3 is 0 Å². The predicted octanol–water partition coefficient (Wildman–Crippen LogP) is 1.97. The summed E-state index contributed by atoms with van der Waals surface area (Å²) in [6.07, 6.45) is 4.65. The fraction of sp³-hybridized carbons (Fsp3) is 0.444. The lowest BCUT2D eigenvalue weighted by atomic mass is 10.3. The SMILES string of the molecule is O=S1CCCS[C@@H]1c1cccnc1. The zero-order valence-electron chi connectivity index (χ0n) is 7.18. The van der Waals surface area contributed by atoms with Crippen LogP contribution in [-0.4, -0.2) is 20.7 Å². The van der Waals surface area contributed by atoms with Gasteiger partial charge in [0.15, 0.2) is 0 Å². The molecule has 4 heteroatoms. The van der Waals surface area contributed by atoms with Crippen LogP contribution >= 0.6 is 11.8 Å². The molecular weight excluding hydrogens is 202 g/mol. The summed E-state index contributed by atoms with van der Waals surface area (Å²) >= 11 is 1.78. The molecule has 1 aromatic rings. The molecule has 1 aromatic heterocycles. The van der Waals surface area contributed by atoms with Crippen LogP contribution in [0.5, 0.6) is 0 Å². The van der Waals surface area contributed by atoms with E-state index in [4.69, 9.17) is 0 Å². The van der Waals surface area contributed by atoms with Crippen molar-refractivity contribution < 1.29 is 4.21 Å². The van der Waals surface area contributed by atoms with E-state index in [1.54, 1.807) is 18.0 Å². The third-order valence-corrected chi connectivity index (χ3v) is 5.55. The zero-order valence-corrected chi connectivity index (χ0v) is 8.81. The number of rotatable bonds is 1. The summed E-state index contributed by atoms with van der Waals surface area (Å²) in [6, 6.07) is 3.91. The van der Waals surface area contributed by atoms with Gasteiger partial charge in [-0.1, -0.05) is 6.07 Å².